The van der Waals surface area contributed by atoms with Gasteiger partial charge >= 0.3 is 0 Å². The number of pyridine rings is 1. The second-order valence-electron chi connectivity index (χ2n) is 5.45. The Hall–Kier alpha value is -2.74. The number of aromatic nitrogens is 1. The summed E-state index contributed by atoms with van der Waals surface area (Å²) in [5, 5.41) is 9.35. The van der Waals surface area contributed by atoms with Crippen LogP contribution in [-0.4, -0.2) is 25.7 Å². The number of rotatable bonds is 4. The van der Waals surface area contributed by atoms with Gasteiger partial charge in [-0.1, -0.05) is 0 Å². The summed E-state index contributed by atoms with van der Waals surface area (Å²) in [5.74, 6) is 2.32. The smallest absolute Gasteiger partial charge is 0.146 e. The fourth-order valence-electron chi connectivity index (χ4n) is 3.15. The van der Waals surface area contributed by atoms with Crippen LogP contribution >= 0.6 is 0 Å². The predicted molar refractivity (Wildman–Crippen MR) is 87.8 cm³/mol. The SMILES string of the molecule is COc1ccc([C@H]2CCCN2c2ncccc2C#N)c(OC)c1. The molecule has 1 aromatic heterocycles. The first-order valence-corrected chi connectivity index (χ1v) is 7.62. The molecule has 1 aliphatic heterocycles. The summed E-state index contributed by atoms with van der Waals surface area (Å²) in [5.41, 5.74) is 1.70. The van der Waals surface area contributed by atoms with E-state index in [1.54, 1.807) is 26.5 Å². The van der Waals surface area contributed by atoms with Crippen LogP contribution in [0.4, 0.5) is 5.82 Å². The van der Waals surface area contributed by atoms with E-state index in [1.165, 1.54) is 0 Å². The number of nitriles is 1. The number of hydrogen-bond acceptors (Lipinski definition) is 5. The average molecular weight is 309 g/mol. The summed E-state index contributed by atoms with van der Waals surface area (Å²) < 4.78 is 10.8. The Labute approximate surface area is 136 Å². The van der Waals surface area contributed by atoms with Gasteiger partial charge in [-0.2, -0.15) is 5.26 Å². The number of methoxy groups -OCH3 is 2. The van der Waals surface area contributed by atoms with Crippen LogP contribution in [0.2, 0.25) is 0 Å². The third-order valence-electron chi connectivity index (χ3n) is 4.23. The summed E-state index contributed by atoms with van der Waals surface area (Å²) in [4.78, 5) is 6.63. The van der Waals surface area contributed by atoms with Crippen molar-refractivity contribution in [1.29, 1.82) is 5.26 Å². The predicted octanol–water partition coefficient (Wildman–Crippen LogP) is 3.31. The summed E-state index contributed by atoms with van der Waals surface area (Å²) in [6.45, 7) is 0.880. The maximum atomic E-state index is 9.35. The van der Waals surface area contributed by atoms with Crippen LogP contribution in [0.3, 0.4) is 0 Å². The zero-order chi connectivity index (χ0) is 16.2. The van der Waals surface area contributed by atoms with E-state index in [9.17, 15) is 5.26 Å². The average Bonchev–Trinajstić information content (AvgIpc) is 3.10. The molecule has 0 N–H and O–H groups in total. The van der Waals surface area contributed by atoms with Gasteiger partial charge < -0.3 is 14.4 Å². The van der Waals surface area contributed by atoms with Crippen LogP contribution in [0, 0.1) is 11.3 Å². The Morgan fingerprint density at radius 2 is 2.13 bits per heavy atom. The van der Waals surface area contributed by atoms with E-state index >= 15 is 0 Å². The Kier molecular flexibility index (Phi) is 4.33. The molecule has 5 heteroatoms. The van der Waals surface area contributed by atoms with Crippen molar-refractivity contribution < 1.29 is 9.47 Å². The molecular formula is C18H19N3O2. The topological polar surface area (TPSA) is 58.4 Å². The number of anilines is 1. The Balaban J connectivity index is 2.01. The molecule has 5 nitrogen and oxygen atoms in total. The molecule has 0 unspecified atom stereocenters. The molecule has 0 amide bonds. The van der Waals surface area contributed by atoms with Crippen molar-refractivity contribution in [2.75, 3.05) is 25.7 Å². The van der Waals surface area contributed by atoms with Crippen molar-refractivity contribution in [1.82, 2.24) is 4.98 Å². The van der Waals surface area contributed by atoms with E-state index < -0.39 is 0 Å². The van der Waals surface area contributed by atoms with Gasteiger partial charge in [-0.15, -0.1) is 0 Å². The maximum Gasteiger partial charge on any atom is 0.146 e. The van der Waals surface area contributed by atoms with Gasteiger partial charge in [0.25, 0.3) is 0 Å². The van der Waals surface area contributed by atoms with Crippen molar-refractivity contribution in [2.45, 2.75) is 18.9 Å². The molecule has 0 bridgehead atoms. The van der Waals surface area contributed by atoms with E-state index in [0.717, 1.165) is 42.3 Å². The molecular weight excluding hydrogens is 290 g/mol. The first-order chi connectivity index (χ1) is 11.3. The van der Waals surface area contributed by atoms with Crippen molar-refractivity contribution in [2.24, 2.45) is 0 Å². The molecule has 0 aliphatic carbocycles. The van der Waals surface area contributed by atoms with Gasteiger partial charge in [0, 0.05) is 24.4 Å². The largest absolute Gasteiger partial charge is 0.497 e. The quantitative estimate of drug-likeness (QED) is 0.867. The third kappa shape index (κ3) is 2.80. The summed E-state index contributed by atoms with van der Waals surface area (Å²) in [6, 6.07) is 11.9. The Morgan fingerprint density at radius 1 is 1.26 bits per heavy atom. The molecule has 3 rings (SSSR count). The normalized spacial score (nSPS) is 16.9. The first-order valence-electron chi connectivity index (χ1n) is 7.62. The van der Waals surface area contributed by atoms with Crippen LogP contribution in [0.15, 0.2) is 36.5 Å². The first kappa shape index (κ1) is 15.2. The molecule has 118 valence electrons. The molecule has 1 fully saturated rings. The highest BCUT2D eigenvalue weighted by Gasteiger charge is 2.30. The minimum absolute atomic E-state index is 0.151. The Bertz CT molecular complexity index is 739. The Morgan fingerprint density at radius 3 is 2.87 bits per heavy atom. The standard InChI is InChI=1S/C18H19N3O2/c1-22-14-7-8-15(17(11-14)23-2)16-6-4-10-21(16)18-13(12-19)5-3-9-20-18/h3,5,7-9,11,16H,4,6,10H2,1-2H3/t16-/m1/s1. The lowest BCUT2D eigenvalue weighted by Crippen LogP contribution is -2.24. The van der Waals surface area contributed by atoms with Crippen molar-refractivity contribution >= 4 is 5.82 Å². The number of ether oxygens (including phenoxy) is 2. The highest BCUT2D eigenvalue weighted by molar-refractivity contribution is 5.57. The molecule has 1 saturated heterocycles. The van der Waals surface area contributed by atoms with Gasteiger partial charge in [-0.05, 0) is 37.1 Å². The lowest BCUT2D eigenvalue weighted by molar-refractivity contribution is 0.388. The lowest BCUT2D eigenvalue weighted by atomic mass is 10.0. The second-order valence-corrected chi connectivity index (χ2v) is 5.45. The summed E-state index contributed by atoms with van der Waals surface area (Å²) >= 11 is 0. The fraction of sp³-hybridized carbons (Fsp3) is 0.333. The molecule has 1 aliphatic rings. The van der Waals surface area contributed by atoms with E-state index in [1.807, 2.05) is 24.3 Å². The number of benzene rings is 1. The van der Waals surface area contributed by atoms with Crippen LogP contribution < -0.4 is 14.4 Å². The van der Waals surface area contributed by atoms with E-state index in [4.69, 9.17) is 9.47 Å². The summed E-state index contributed by atoms with van der Waals surface area (Å²) in [6.07, 6.45) is 3.79. The minimum atomic E-state index is 0.151. The molecule has 0 radical (unpaired) electrons. The van der Waals surface area contributed by atoms with Crippen molar-refractivity contribution in [3.63, 3.8) is 0 Å². The van der Waals surface area contributed by atoms with Crippen LogP contribution in [0.5, 0.6) is 11.5 Å². The number of nitrogens with zero attached hydrogens (tertiary/aromatic N) is 3. The highest BCUT2D eigenvalue weighted by atomic mass is 16.5. The van der Waals surface area contributed by atoms with Gasteiger partial charge in [0.1, 0.15) is 23.4 Å². The summed E-state index contributed by atoms with van der Waals surface area (Å²) in [7, 11) is 3.31. The maximum absolute atomic E-state index is 9.35. The van der Waals surface area contributed by atoms with Gasteiger partial charge in [-0.3, -0.25) is 0 Å². The van der Waals surface area contributed by atoms with Crippen LogP contribution in [0.25, 0.3) is 0 Å². The molecule has 1 aromatic carbocycles. The van der Waals surface area contributed by atoms with E-state index in [0.29, 0.717) is 5.56 Å². The highest BCUT2D eigenvalue weighted by Crippen LogP contribution is 2.41. The lowest BCUT2D eigenvalue weighted by Gasteiger charge is -2.28. The van der Waals surface area contributed by atoms with Crippen LogP contribution in [-0.2, 0) is 0 Å². The molecule has 0 saturated carbocycles. The monoisotopic (exact) mass is 309 g/mol. The van der Waals surface area contributed by atoms with Crippen LogP contribution in [0.1, 0.15) is 30.0 Å². The zero-order valence-electron chi connectivity index (χ0n) is 13.3. The molecule has 0 spiro atoms. The van der Waals surface area contributed by atoms with E-state index in [2.05, 4.69) is 16.0 Å². The minimum Gasteiger partial charge on any atom is -0.497 e. The van der Waals surface area contributed by atoms with Crippen molar-refractivity contribution in [3.05, 3.63) is 47.7 Å². The van der Waals surface area contributed by atoms with Gasteiger partial charge in [0.05, 0.1) is 25.8 Å². The van der Waals surface area contributed by atoms with Crippen molar-refractivity contribution in [3.8, 4) is 17.6 Å². The van der Waals surface area contributed by atoms with Gasteiger partial charge in [0.15, 0.2) is 0 Å². The van der Waals surface area contributed by atoms with E-state index in [-0.39, 0.29) is 6.04 Å². The third-order valence-corrected chi connectivity index (χ3v) is 4.23. The van der Waals surface area contributed by atoms with Gasteiger partial charge in [0.2, 0.25) is 0 Å². The van der Waals surface area contributed by atoms with Gasteiger partial charge in [-0.25, -0.2) is 4.98 Å². The number of hydrogen-bond donors (Lipinski definition) is 0. The molecule has 2 heterocycles. The molecule has 2 aromatic rings. The molecule has 1 atom stereocenters. The molecule has 23 heavy (non-hydrogen) atoms. The zero-order valence-corrected chi connectivity index (χ0v) is 13.3. The second kappa shape index (κ2) is 6.57. The fourth-order valence-corrected chi connectivity index (χ4v) is 3.15.